The molecule has 1 aliphatic rings. The molecule has 18 heavy (non-hydrogen) atoms. The molecule has 2 rings (SSSR count). The first-order valence-electron chi connectivity index (χ1n) is 6.28. The number of hydrogen-bond donors (Lipinski definition) is 0. The van der Waals surface area contributed by atoms with Crippen LogP contribution in [0.4, 0.5) is 4.79 Å². The lowest BCUT2D eigenvalue weighted by Gasteiger charge is -2.06. The highest BCUT2D eigenvalue weighted by Gasteiger charge is 2.26. The van der Waals surface area contributed by atoms with E-state index in [4.69, 9.17) is 7.48 Å². The van der Waals surface area contributed by atoms with Crippen molar-refractivity contribution < 1.29 is 21.8 Å². The molecule has 0 aromatic heterocycles. The summed E-state index contributed by atoms with van der Waals surface area (Å²) in [6.07, 6.45) is 1.76. The molecule has 0 radical (unpaired) electrons. The Labute approximate surface area is 107 Å². The summed E-state index contributed by atoms with van der Waals surface area (Å²) in [5.41, 5.74) is 0.759. The van der Waals surface area contributed by atoms with Crippen LogP contribution in [0.2, 0.25) is 0 Å². The summed E-state index contributed by atoms with van der Waals surface area (Å²) in [5, 5.41) is 0. The van der Waals surface area contributed by atoms with Gasteiger partial charge in [-0.1, -0.05) is 12.1 Å². The Morgan fingerprint density at radius 2 is 2.22 bits per heavy atom. The molecular formula is C13H13NO4. The van der Waals surface area contributed by atoms with E-state index in [1.165, 1.54) is 12.2 Å². The zero-order valence-electron chi connectivity index (χ0n) is 11.8. The molecule has 0 spiro atoms. The minimum Gasteiger partial charge on any atom is -0.497 e. The number of rotatable bonds is 3. The molecule has 0 atom stereocenters. The fourth-order valence-corrected chi connectivity index (χ4v) is 1.42. The molecule has 1 saturated heterocycles. The summed E-state index contributed by atoms with van der Waals surface area (Å²) in [4.78, 5) is 23.8. The third-order valence-electron chi connectivity index (χ3n) is 2.40. The maximum Gasteiger partial charge on any atom is 0.416 e. The normalized spacial score (nSPS) is 19.4. The lowest BCUT2D eigenvalue weighted by Crippen LogP contribution is -2.29. The maximum atomic E-state index is 11.8. The molecule has 5 heteroatoms. The fraction of sp³-hybridized carbons (Fsp3) is 0.231. The zero-order chi connectivity index (χ0) is 14.8. The average Bonchev–Trinajstić information content (AvgIpc) is 2.70. The van der Waals surface area contributed by atoms with Crippen molar-refractivity contribution in [2.45, 2.75) is 0 Å². The van der Waals surface area contributed by atoms with Gasteiger partial charge >= 0.3 is 6.09 Å². The first-order valence-corrected chi connectivity index (χ1v) is 5.28. The van der Waals surface area contributed by atoms with Crippen LogP contribution in [0.15, 0.2) is 30.3 Å². The van der Waals surface area contributed by atoms with Crippen molar-refractivity contribution in [1.29, 1.82) is 0 Å². The Balaban J connectivity index is 2.03. The number of nitrogens with zero attached hydrogens (tertiary/aromatic N) is 1. The van der Waals surface area contributed by atoms with E-state index < -0.39 is 25.1 Å². The predicted molar refractivity (Wildman–Crippen MR) is 65.1 cm³/mol. The molecule has 1 aromatic carbocycles. The number of carbonyl (C=O) groups excluding carboxylic acids is 2. The molecule has 0 unspecified atom stereocenters. The van der Waals surface area contributed by atoms with Gasteiger partial charge in [0.15, 0.2) is 0 Å². The van der Waals surface area contributed by atoms with E-state index in [2.05, 4.69) is 4.74 Å². The molecule has 0 aliphatic carbocycles. The second-order valence-corrected chi connectivity index (χ2v) is 3.54. The third kappa shape index (κ3) is 2.68. The molecule has 0 bridgehead atoms. The lowest BCUT2D eigenvalue weighted by molar-refractivity contribution is -0.122. The Morgan fingerprint density at radius 1 is 1.50 bits per heavy atom. The minimum absolute atomic E-state index is 0.405. The van der Waals surface area contributed by atoms with E-state index in [1.54, 1.807) is 31.4 Å². The number of ether oxygens (including phenoxy) is 2. The van der Waals surface area contributed by atoms with Gasteiger partial charge in [0.1, 0.15) is 12.3 Å². The van der Waals surface area contributed by atoms with Crippen LogP contribution in [0, 0.1) is 0 Å². The summed E-state index contributed by atoms with van der Waals surface area (Å²) in [6, 6.07) is 6.99. The predicted octanol–water partition coefficient (Wildman–Crippen LogP) is 1.69. The van der Waals surface area contributed by atoms with Crippen LogP contribution in [0.25, 0.3) is 6.08 Å². The van der Waals surface area contributed by atoms with Gasteiger partial charge in [0.05, 0.1) is 16.4 Å². The van der Waals surface area contributed by atoms with Crippen LogP contribution in [0.3, 0.4) is 0 Å². The first-order chi connectivity index (χ1) is 9.41. The van der Waals surface area contributed by atoms with E-state index in [-0.39, 0.29) is 0 Å². The van der Waals surface area contributed by atoms with Crippen molar-refractivity contribution in [3.05, 3.63) is 35.9 Å². The quantitative estimate of drug-likeness (QED) is 0.765. The van der Waals surface area contributed by atoms with Gasteiger partial charge in [-0.3, -0.25) is 4.79 Å². The number of amides is 2. The Hall–Kier alpha value is -2.30. The molecule has 0 N–H and O–H groups in total. The van der Waals surface area contributed by atoms with Crippen LogP contribution >= 0.6 is 0 Å². The van der Waals surface area contributed by atoms with Gasteiger partial charge in [0, 0.05) is 6.08 Å². The summed E-state index contributed by atoms with van der Waals surface area (Å²) >= 11 is 0. The molecule has 0 saturated carbocycles. The van der Waals surface area contributed by atoms with Gasteiger partial charge in [-0.05, 0) is 23.8 Å². The Kier molecular flexibility index (Phi) is 2.89. The smallest absolute Gasteiger partial charge is 0.416 e. The average molecular weight is 249 g/mol. The summed E-state index contributed by atoms with van der Waals surface area (Å²) in [5.74, 6) is 0.0805. The number of imide groups is 1. The summed E-state index contributed by atoms with van der Waals surface area (Å²) in [6.45, 7) is -2.53. The second kappa shape index (κ2) is 5.35. The second-order valence-electron chi connectivity index (χ2n) is 3.54. The highest BCUT2D eigenvalue weighted by Crippen LogP contribution is 2.13. The number of benzene rings is 1. The van der Waals surface area contributed by atoms with Crippen molar-refractivity contribution in [3.63, 3.8) is 0 Å². The molecule has 1 heterocycles. The van der Waals surface area contributed by atoms with Gasteiger partial charge in [0.25, 0.3) is 5.91 Å². The van der Waals surface area contributed by atoms with Crippen molar-refractivity contribution in [1.82, 2.24) is 4.90 Å². The van der Waals surface area contributed by atoms with E-state index in [1.807, 2.05) is 0 Å². The molecule has 2 amide bonds. The topological polar surface area (TPSA) is 55.8 Å². The van der Waals surface area contributed by atoms with Crippen LogP contribution in [0.1, 0.15) is 8.30 Å². The van der Waals surface area contributed by atoms with Gasteiger partial charge in [-0.2, -0.15) is 0 Å². The summed E-state index contributed by atoms with van der Waals surface area (Å²) in [7, 11) is 1.56. The first kappa shape index (κ1) is 9.70. The number of cyclic esters (lactones) is 1. The van der Waals surface area contributed by atoms with E-state index in [9.17, 15) is 9.59 Å². The van der Waals surface area contributed by atoms with E-state index in [0.717, 1.165) is 10.5 Å². The van der Waals surface area contributed by atoms with E-state index >= 15 is 0 Å². The van der Waals surface area contributed by atoms with Crippen LogP contribution in [0.5, 0.6) is 5.75 Å². The molecule has 1 aliphatic heterocycles. The third-order valence-corrected chi connectivity index (χ3v) is 2.40. The van der Waals surface area contributed by atoms with Gasteiger partial charge in [0.2, 0.25) is 0 Å². The SMILES string of the molecule is [2H]C1([2H])CN(C(=O)/C=C/c2ccc(OC)cc2)C(=O)O1. The molecular weight excluding hydrogens is 234 g/mol. The standard InChI is InChI=1S/C13H13NO4/c1-17-11-5-2-10(3-6-11)4-7-12(15)14-8-9-18-13(14)16/h2-7H,8-9H2,1H3/b7-4+/i9D2. The highest BCUT2D eigenvalue weighted by atomic mass is 16.6. The van der Waals surface area contributed by atoms with Gasteiger partial charge in [-0.25, -0.2) is 9.69 Å². The van der Waals surface area contributed by atoms with Crippen molar-refractivity contribution in [2.24, 2.45) is 0 Å². The monoisotopic (exact) mass is 249 g/mol. The minimum atomic E-state index is -2.12. The zero-order valence-corrected chi connectivity index (χ0v) is 9.75. The number of carbonyl (C=O) groups is 2. The van der Waals surface area contributed by atoms with Crippen molar-refractivity contribution in [3.8, 4) is 5.75 Å². The fourth-order valence-electron chi connectivity index (χ4n) is 1.42. The van der Waals surface area contributed by atoms with Gasteiger partial charge in [-0.15, -0.1) is 0 Å². The van der Waals surface area contributed by atoms with Crippen LogP contribution < -0.4 is 4.74 Å². The molecule has 1 aromatic rings. The van der Waals surface area contributed by atoms with Crippen molar-refractivity contribution >= 4 is 18.1 Å². The van der Waals surface area contributed by atoms with Gasteiger partial charge < -0.3 is 9.47 Å². The van der Waals surface area contributed by atoms with Crippen LogP contribution in [-0.2, 0) is 9.53 Å². The summed E-state index contributed by atoms with van der Waals surface area (Å²) < 4.78 is 24.0. The number of methoxy groups -OCH3 is 1. The Bertz CT molecular complexity index is 554. The van der Waals surface area contributed by atoms with Crippen LogP contribution in [-0.4, -0.2) is 37.1 Å². The number of hydrogen-bond acceptors (Lipinski definition) is 4. The Morgan fingerprint density at radius 3 is 2.78 bits per heavy atom. The molecule has 1 fully saturated rings. The van der Waals surface area contributed by atoms with Crippen molar-refractivity contribution in [2.75, 3.05) is 20.2 Å². The largest absolute Gasteiger partial charge is 0.497 e. The molecule has 5 nitrogen and oxygen atoms in total. The highest BCUT2D eigenvalue weighted by molar-refractivity contribution is 6.01. The van der Waals surface area contributed by atoms with E-state index in [0.29, 0.717) is 5.75 Å². The molecule has 94 valence electrons. The lowest BCUT2D eigenvalue weighted by atomic mass is 10.2. The maximum absolute atomic E-state index is 11.8.